The first kappa shape index (κ1) is 15.5. The van der Waals surface area contributed by atoms with Gasteiger partial charge in [-0.3, -0.25) is 4.79 Å². The molecule has 0 bridgehead atoms. The summed E-state index contributed by atoms with van der Waals surface area (Å²) >= 11 is 0. The molecular formula is C15H23NO3. The molecule has 0 aromatic carbocycles. The largest absolute Gasteiger partial charge is 0.447 e. The van der Waals surface area contributed by atoms with Crippen LogP contribution in [0, 0.1) is 11.3 Å². The quantitative estimate of drug-likeness (QED) is 0.693. The van der Waals surface area contributed by atoms with Crippen LogP contribution in [-0.2, 0) is 9.53 Å². The van der Waals surface area contributed by atoms with Gasteiger partial charge in [0.1, 0.15) is 6.61 Å². The van der Waals surface area contributed by atoms with Crippen molar-refractivity contribution in [1.82, 2.24) is 4.90 Å². The lowest BCUT2D eigenvalue weighted by molar-refractivity contribution is -0.137. The SMILES string of the molecule is C=CC[C@](C)(C=C)C(=O)N1C(=O)OC[C@@H]1C(C)CC. The lowest BCUT2D eigenvalue weighted by atomic mass is 9.84. The molecule has 0 N–H and O–H groups in total. The van der Waals surface area contributed by atoms with E-state index in [-0.39, 0.29) is 24.5 Å². The molecule has 19 heavy (non-hydrogen) atoms. The van der Waals surface area contributed by atoms with Crippen molar-refractivity contribution in [2.24, 2.45) is 11.3 Å². The van der Waals surface area contributed by atoms with Crippen molar-refractivity contribution >= 4 is 12.0 Å². The molecule has 4 heteroatoms. The third kappa shape index (κ3) is 2.88. The summed E-state index contributed by atoms with van der Waals surface area (Å²) in [7, 11) is 0. The molecule has 1 aliphatic rings. The lowest BCUT2D eigenvalue weighted by Gasteiger charge is -2.31. The number of hydrogen-bond donors (Lipinski definition) is 0. The van der Waals surface area contributed by atoms with Gasteiger partial charge in [0.05, 0.1) is 11.5 Å². The Balaban J connectivity index is 3.03. The van der Waals surface area contributed by atoms with Gasteiger partial charge in [-0.05, 0) is 19.3 Å². The van der Waals surface area contributed by atoms with Crippen LogP contribution in [0.5, 0.6) is 0 Å². The Morgan fingerprint density at radius 1 is 1.63 bits per heavy atom. The van der Waals surface area contributed by atoms with Crippen molar-refractivity contribution < 1.29 is 14.3 Å². The number of hydrogen-bond acceptors (Lipinski definition) is 3. The molecule has 106 valence electrons. The highest BCUT2D eigenvalue weighted by atomic mass is 16.6. The second-order valence-electron chi connectivity index (χ2n) is 5.32. The minimum absolute atomic E-state index is 0.186. The van der Waals surface area contributed by atoms with Crippen LogP contribution in [0.4, 0.5) is 4.79 Å². The first-order chi connectivity index (χ1) is 8.91. The van der Waals surface area contributed by atoms with E-state index in [1.165, 1.54) is 4.90 Å². The molecule has 0 aromatic rings. The summed E-state index contributed by atoms with van der Waals surface area (Å²) in [5.74, 6) is -0.0385. The number of carbonyl (C=O) groups is 2. The van der Waals surface area contributed by atoms with E-state index in [2.05, 4.69) is 13.2 Å². The zero-order valence-electron chi connectivity index (χ0n) is 12.0. The zero-order chi connectivity index (χ0) is 14.6. The topological polar surface area (TPSA) is 46.6 Å². The number of ether oxygens (including phenoxy) is 1. The van der Waals surface area contributed by atoms with Crippen molar-refractivity contribution in [3.05, 3.63) is 25.3 Å². The van der Waals surface area contributed by atoms with Crippen LogP contribution in [-0.4, -0.2) is 29.5 Å². The van der Waals surface area contributed by atoms with Crippen LogP contribution < -0.4 is 0 Å². The highest BCUT2D eigenvalue weighted by molar-refractivity contribution is 5.97. The number of amides is 2. The van der Waals surface area contributed by atoms with E-state index in [1.54, 1.807) is 19.1 Å². The van der Waals surface area contributed by atoms with Crippen molar-refractivity contribution in [3.63, 3.8) is 0 Å². The molecule has 0 saturated carbocycles. The summed E-state index contributed by atoms with van der Waals surface area (Å²) in [6, 6.07) is -0.186. The minimum Gasteiger partial charge on any atom is -0.447 e. The predicted octanol–water partition coefficient (Wildman–Crippen LogP) is 3.15. The summed E-state index contributed by atoms with van der Waals surface area (Å²) in [5, 5.41) is 0. The van der Waals surface area contributed by atoms with Crippen molar-refractivity contribution in [1.29, 1.82) is 0 Å². The van der Waals surface area contributed by atoms with E-state index < -0.39 is 11.5 Å². The van der Waals surface area contributed by atoms with Crippen molar-refractivity contribution in [2.45, 2.75) is 39.7 Å². The molecule has 1 unspecified atom stereocenters. The van der Waals surface area contributed by atoms with E-state index in [0.717, 1.165) is 6.42 Å². The first-order valence-electron chi connectivity index (χ1n) is 6.66. The summed E-state index contributed by atoms with van der Waals surface area (Å²) in [5.41, 5.74) is -0.809. The Morgan fingerprint density at radius 3 is 2.74 bits per heavy atom. The van der Waals surface area contributed by atoms with Gasteiger partial charge in [-0.25, -0.2) is 9.69 Å². The van der Waals surface area contributed by atoms with Crippen LogP contribution >= 0.6 is 0 Å². The molecular weight excluding hydrogens is 242 g/mol. The van der Waals surface area contributed by atoms with Gasteiger partial charge in [0.25, 0.3) is 0 Å². The number of cyclic esters (lactones) is 1. The fourth-order valence-electron chi connectivity index (χ4n) is 2.19. The fraction of sp³-hybridized carbons (Fsp3) is 0.600. The van der Waals surface area contributed by atoms with Gasteiger partial charge in [-0.1, -0.05) is 32.4 Å². The molecule has 4 nitrogen and oxygen atoms in total. The summed E-state index contributed by atoms with van der Waals surface area (Å²) in [6.07, 6.45) is 4.03. The standard InChI is InChI=1S/C15H23NO3/c1-6-9-15(5,8-3)13(17)16-12(11(4)7-2)10-19-14(16)18/h6,8,11-12H,1,3,7,9-10H2,2,4-5H3/t11?,12-,15+/m1/s1. The van der Waals surface area contributed by atoms with E-state index in [9.17, 15) is 9.59 Å². The molecule has 1 heterocycles. The van der Waals surface area contributed by atoms with Gasteiger partial charge in [0.15, 0.2) is 0 Å². The molecule has 0 aliphatic carbocycles. The van der Waals surface area contributed by atoms with Gasteiger partial charge in [0, 0.05) is 0 Å². The maximum atomic E-state index is 12.6. The Morgan fingerprint density at radius 2 is 2.26 bits per heavy atom. The van der Waals surface area contributed by atoms with Crippen molar-refractivity contribution in [3.8, 4) is 0 Å². The molecule has 1 aliphatic heterocycles. The fourth-order valence-corrected chi connectivity index (χ4v) is 2.19. The third-order valence-corrected chi connectivity index (χ3v) is 3.93. The number of nitrogens with zero attached hydrogens (tertiary/aromatic N) is 1. The molecule has 0 aromatic heterocycles. The number of imide groups is 1. The van der Waals surface area contributed by atoms with Crippen LogP contribution in [0.2, 0.25) is 0 Å². The lowest BCUT2D eigenvalue weighted by Crippen LogP contribution is -2.48. The highest BCUT2D eigenvalue weighted by Crippen LogP contribution is 2.31. The monoisotopic (exact) mass is 265 g/mol. The van der Waals surface area contributed by atoms with Gasteiger partial charge < -0.3 is 4.74 Å². The van der Waals surface area contributed by atoms with Gasteiger partial charge in [-0.2, -0.15) is 0 Å². The summed E-state index contributed by atoms with van der Waals surface area (Å²) in [6.45, 7) is 13.5. The van der Waals surface area contributed by atoms with E-state index >= 15 is 0 Å². The van der Waals surface area contributed by atoms with Crippen LogP contribution in [0.15, 0.2) is 25.3 Å². The van der Waals surface area contributed by atoms with E-state index in [0.29, 0.717) is 6.42 Å². The van der Waals surface area contributed by atoms with Gasteiger partial charge in [0.2, 0.25) is 5.91 Å². The Labute approximate surface area is 115 Å². The van der Waals surface area contributed by atoms with Crippen LogP contribution in [0.25, 0.3) is 0 Å². The molecule has 2 amide bonds. The molecule has 1 saturated heterocycles. The molecule has 1 rings (SSSR count). The predicted molar refractivity (Wildman–Crippen MR) is 74.6 cm³/mol. The number of carbonyl (C=O) groups excluding carboxylic acids is 2. The highest BCUT2D eigenvalue weighted by Gasteiger charge is 2.45. The average molecular weight is 265 g/mol. The minimum atomic E-state index is -0.809. The molecule has 1 fully saturated rings. The van der Waals surface area contributed by atoms with E-state index in [4.69, 9.17) is 4.74 Å². The maximum Gasteiger partial charge on any atom is 0.417 e. The smallest absolute Gasteiger partial charge is 0.417 e. The molecule has 0 radical (unpaired) electrons. The molecule has 3 atom stereocenters. The third-order valence-electron chi connectivity index (χ3n) is 3.93. The zero-order valence-corrected chi connectivity index (χ0v) is 12.0. The number of allylic oxidation sites excluding steroid dienone is 1. The summed E-state index contributed by atoms with van der Waals surface area (Å²) in [4.78, 5) is 25.7. The Hall–Kier alpha value is -1.58. The molecule has 0 spiro atoms. The second kappa shape index (κ2) is 6.04. The van der Waals surface area contributed by atoms with Gasteiger partial charge >= 0.3 is 6.09 Å². The second-order valence-corrected chi connectivity index (χ2v) is 5.32. The maximum absolute atomic E-state index is 12.6. The average Bonchev–Trinajstić information content (AvgIpc) is 2.78. The van der Waals surface area contributed by atoms with Gasteiger partial charge in [-0.15, -0.1) is 13.2 Å². The summed E-state index contributed by atoms with van der Waals surface area (Å²) < 4.78 is 5.05. The van der Waals surface area contributed by atoms with E-state index in [1.807, 2.05) is 13.8 Å². The normalized spacial score (nSPS) is 23.4. The number of rotatable bonds is 6. The Kier molecular flexibility index (Phi) is 4.92. The van der Waals surface area contributed by atoms with Crippen molar-refractivity contribution in [2.75, 3.05) is 6.61 Å². The first-order valence-corrected chi connectivity index (χ1v) is 6.66. The Bertz CT molecular complexity index is 391. The van der Waals surface area contributed by atoms with Crippen LogP contribution in [0.1, 0.15) is 33.6 Å². The van der Waals surface area contributed by atoms with Crippen LogP contribution in [0.3, 0.4) is 0 Å².